The average molecular weight is 269 g/mol. The van der Waals surface area contributed by atoms with Crippen LogP contribution in [0, 0.1) is 5.41 Å². The molecule has 0 atom stereocenters. The summed E-state index contributed by atoms with van der Waals surface area (Å²) < 4.78 is 0. The summed E-state index contributed by atoms with van der Waals surface area (Å²) in [5, 5.41) is 14.4. The summed E-state index contributed by atoms with van der Waals surface area (Å²) in [5.74, 6) is -0.823. The highest BCUT2D eigenvalue weighted by Gasteiger charge is 2.44. The fraction of sp³-hybridized carbons (Fsp3) is 0.545. The summed E-state index contributed by atoms with van der Waals surface area (Å²) >= 11 is 1.46. The van der Waals surface area contributed by atoms with Gasteiger partial charge in [-0.1, -0.05) is 6.42 Å². The molecule has 2 amide bonds. The number of thiazole rings is 1. The van der Waals surface area contributed by atoms with E-state index in [0.717, 1.165) is 11.3 Å². The number of carbonyl (C=O) groups excluding carboxylic acids is 1. The van der Waals surface area contributed by atoms with Gasteiger partial charge in [-0.05, 0) is 12.8 Å². The Morgan fingerprint density at radius 3 is 2.72 bits per heavy atom. The maximum atomic E-state index is 11.5. The Hall–Kier alpha value is -1.63. The van der Waals surface area contributed by atoms with Crippen molar-refractivity contribution in [2.24, 2.45) is 5.41 Å². The summed E-state index contributed by atoms with van der Waals surface area (Å²) in [4.78, 5) is 27.5. The number of carboxylic acids is 1. The van der Waals surface area contributed by atoms with Crippen molar-refractivity contribution in [3.8, 4) is 0 Å². The van der Waals surface area contributed by atoms with Crippen molar-refractivity contribution in [1.29, 1.82) is 0 Å². The molecule has 1 heterocycles. The van der Waals surface area contributed by atoms with Gasteiger partial charge in [-0.2, -0.15) is 0 Å². The predicted molar refractivity (Wildman–Crippen MR) is 66.3 cm³/mol. The largest absolute Gasteiger partial charge is 0.481 e. The lowest BCUT2D eigenvalue weighted by molar-refractivity contribution is -0.153. The van der Waals surface area contributed by atoms with E-state index in [4.69, 9.17) is 5.11 Å². The summed E-state index contributed by atoms with van der Waals surface area (Å²) in [6.45, 7) is 0.605. The molecule has 0 unspecified atom stereocenters. The maximum absolute atomic E-state index is 11.5. The number of nitrogens with one attached hydrogen (secondary N) is 2. The molecule has 1 saturated carbocycles. The van der Waals surface area contributed by atoms with Crippen LogP contribution in [0.25, 0.3) is 0 Å². The molecule has 0 saturated heterocycles. The molecule has 1 aromatic rings. The Morgan fingerprint density at radius 2 is 2.22 bits per heavy atom. The maximum Gasteiger partial charge on any atom is 0.315 e. The van der Waals surface area contributed by atoms with Crippen molar-refractivity contribution in [3.63, 3.8) is 0 Å². The summed E-state index contributed by atoms with van der Waals surface area (Å²) in [7, 11) is 0. The first kappa shape index (κ1) is 12.8. The van der Waals surface area contributed by atoms with Gasteiger partial charge in [0.1, 0.15) is 0 Å². The van der Waals surface area contributed by atoms with Crippen molar-refractivity contribution in [2.45, 2.75) is 25.8 Å². The fourth-order valence-electron chi connectivity index (χ4n) is 1.88. The first-order valence-corrected chi connectivity index (χ1v) is 6.63. The topological polar surface area (TPSA) is 91.3 Å². The molecule has 3 N–H and O–H groups in total. The van der Waals surface area contributed by atoms with Crippen LogP contribution in [0.15, 0.2) is 11.7 Å². The van der Waals surface area contributed by atoms with Crippen LogP contribution in [-0.4, -0.2) is 28.6 Å². The van der Waals surface area contributed by atoms with E-state index >= 15 is 0 Å². The minimum atomic E-state index is -0.823. The number of aromatic nitrogens is 1. The molecule has 0 aliphatic heterocycles. The normalized spacial score (nSPS) is 16.7. The van der Waals surface area contributed by atoms with E-state index in [2.05, 4.69) is 15.6 Å². The predicted octanol–water partition coefficient (Wildman–Crippen LogP) is 1.20. The summed E-state index contributed by atoms with van der Waals surface area (Å²) in [6, 6.07) is -0.337. The van der Waals surface area contributed by atoms with Gasteiger partial charge in [0.25, 0.3) is 0 Å². The van der Waals surface area contributed by atoms with E-state index in [1.165, 1.54) is 11.3 Å². The molecule has 0 bridgehead atoms. The number of amides is 2. The number of nitrogens with zero attached hydrogens (tertiary/aromatic N) is 1. The summed E-state index contributed by atoms with van der Waals surface area (Å²) in [5.41, 5.74) is 0.949. The van der Waals surface area contributed by atoms with Gasteiger partial charge in [0.15, 0.2) is 0 Å². The molecule has 0 spiro atoms. The second-order valence-corrected chi connectivity index (χ2v) is 5.41. The zero-order valence-corrected chi connectivity index (χ0v) is 10.6. The summed E-state index contributed by atoms with van der Waals surface area (Å²) in [6.07, 6.45) is 3.88. The van der Waals surface area contributed by atoms with Crippen LogP contribution in [0.5, 0.6) is 0 Å². The van der Waals surface area contributed by atoms with Crippen LogP contribution in [0.4, 0.5) is 4.79 Å². The third-order valence-electron chi connectivity index (χ3n) is 3.26. The van der Waals surface area contributed by atoms with E-state index < -0.39 is 11.4 Å². The van der Waals surface area contributed by atoms with Crippen LogP contribution in [0.1, 0.15) is 24.1 Å². The van der Waals surface area contributed by atoms with Crippen LogP contribution in [0.2, 0.25) is 0 Å². The Balaban J connectivity index is 1.73. The molecule has 1 aliphatic rings. The second-order valence-electron chi connectivity index (χ2n) is 4.44. The van der Waals surface area contributed by atoms with Crippen molar-refractivity contribution in [2.75, 3.05) is 6.54 Å². The van der Waals surface area contributed by atoms with Crippen LogP contribution < -0.4 is 10.6 Å². The third kappa shape index (κ3) is 2.79. The molecular weight excluding hydrogens is 254 g/mol. The van der Waals surface area contributed by atoms with E-state index in [9.17, 15) is 9.59 Å². The van der Waals surface area contributed by atoms with E-state index in [0.29, 0.717) is 19.4 Å². The molecule has 1 aromatic heterocycles. The van der Waals surface area contributed by atoms with Gasteiger partial charge in [-0.15, -0.1) is 11.3 Å². The number of carboxylic acid groups (broad SMARTS) is 1. The number of hydrogen-bond donors (Lipinski definition) is 3. The quantitative estimate of drug-likeness (QED) is 0.749. The molecule has 98 valence electrons. The molecule has 1 fully saturated rings. The van der Waals surface area contributed by atoms with Crippen LogP contribution >= 0.6 is 11.3 Å². The second kappa shape index (κ2) is 5.34. The van der Waals surface area contributed by atoms with Crippen LogP contribution in [-0.2, 0) is 11.3 Å². The first-order valence-electron chi connectivity index (χ1n) is 5.75. The first-order chi connectivity index (χ1) is 8.62. The van der Waals surface area contributed by atoms with Crippen molar-refractivity contribution < 1.29 is 14.7 Å². The molecule has 6 nitrogen and oxygen atoms in total. The lowest BCUT2D eigenvalue weighted by atomic mass is 9.69. The molecule has 0 aromatic carbocycles. The Labute approximate surface area is 108 Å². The fourth-order valence-corrected chi connectivity index (χ4v) is 2.41. The molecule has 18 heavy (non-hydrogen) atoms. The van der Waals surface area contributed by atoms with Crippen molar-refractivity contribution in [3.05, 3.63) is 16.6 Å². The number of aliphatic carboxylic acids is 1. The number of urea groups is 1. The molecule has 0 radical (unpaired) electrons. The number of hydrogen-bond acceptors (Lipinski definition) is 4. The third-order valence-corrected chi connectivity index (χ3v) is 4.04. The molecule has 1 aliphatic carbocycles. The van der Waals surface area contributed by atoms with Crippen molar-refractivity contribution in [1.82, 2.24) is 15.6 Å². The van der Waals surface area contributed by atoms with Gasteiger partial charge >= 0.3 is 12.0 Å². The van der Waals surface area contributed by atoms with Crippen molar-refractivity contribution >= 4 is 23.3 Å². The van der Waals surface area contributed by atoms with Gasteiger partial charge in [-0.3, -0.25) is 9.78 Å². The highest BCUT2D eigenvalue weighted by Crippen LogP contribution is 2.40. The molecule has 2 rings (SSSR count). The van der Waals surface area contributed by atoms with Gasteiger partial charge in [0, 0.05) is 17.6 Å². The van der Waals surface area contributed by atoms with Gasteiger partial charge in [0.2, 0.25) is 0 Å². The van der Waals surface area contributed by atoms with Gasteiger partial charge in [-0.25, -0.2) is 4.79 Å². The highest BCUT2D eigenvalue weighted by atomic mass is 32.1. The average Bonchev–Trinajstić information content (AvgIpc) is 2.77. The SMILES string of the molecule is O=C(NCc1cncs1)NCC1(C(=O)O)CCC1. The monoisotopic (exact) mass is 269 g/mol. The van der Waals surface area contributed by atoms with Gasteiger partial charge < -0.3 is 15.7 Å². The van der Waals surface area contributed by atoms with E-state index in [1.807, 2.05) is 0 Å². The number of rotatable bonds is 5. The Kier molecular flexibility index (Phi) is 3.81. The molecule has 7 heteroatoms. The lowest BCUT2D eigenvalue weighted by Crippen LogP contribution is -2.49. The molecular formula is C11H15N3O3S. The van der Waals surface area contributed by atoms with E-state index in [1.54, 1.807) is 11.7 Å². The Morgan fingerprint density at radius 1 is 1.44 bits per heavy atom. The lowest BCUT2D eigenvalue weighted by Gasteiger charge is -2.37. The minimum Gasteiger partial charge on any atom is -0.481 e. The van der Waals surface area contributed by atoms with E-state index in [-0.39, 0.29) is 12.6 Å². The highest BCUT2D eigenvalue weighted by molar-refractivity contribution is 7.09. The van der Waals surface area contributed by atoms with Gasteiger partial charge in [0.05, 0.1) is 17.5 Å². The zero-order chi connectivity index (χ0) is 13.0. The Bertz CT molecular complexity index is 429. The van der Waals surface area contributed by atoms with Crippen LogP contribution in [0.3, 0.4) is 0 Å². The smallest absolute Gasteiger partial charge is 0.315 e. The zero-order valence-electron chi connectivity index (χ0n) is 9.81. The number of carbonyl (C=O) groups is 2. The standard InChI is InChI=1S/C11H15N3O3S/c15-9(16)11(2-1-3-11)6-14-10(17)13-5-8-4-12-7-18-8/h4,7H,1-3,5-6H2,(H,15,16)(H2,13,14,17). The minimum absolute atomic E-state index is 0.191.